The van der Waals surface area contributed by atoms with Crippen molar-refractivity contribution in [3.8, 4) is 5.75 Å². The first-order valence-electron chi connectivity index (χ1n) is 3.99. The van der Waals surface area contributed by atoms with Crippen molar-refractivity contribution in [3.63, 3.8) is 0 Å². The minimum Gasteiger partial charge on any atom is -0.507 e. The predicted octanol–water partition coefficient (Wildman–Crippen LogP) is 2.08. The Balaban J connectivity index is 2.77. The summed E-state index contributed by atoms with van der Waals surface area (Å²) >= 11 is 0. The topological polar surface area (TPSA) is 53.1 Å². The molecule has 0 unspecified atom stereocenters. The van der Waals surface area contributed by atoms with Crippen LogP contribution in [-0.4, -0.2) is 15.9 Å². The lowest BCUT2D eigenvalue weighted by Gasteiger charge is -1.98. The third-order valence-electron chi connectivity index (χ3n) is 2.05. The van der Waals surface area contributed by atoms with Crippen molar-refractivity contribution in [2.24, 2.45) is 0 Å². The Labute approximate surface area is 75.0 Å². The molecule has 0 atom stereocenters. The highest BCUT2D eigenvalue weighted by Crippen LogP contribution is 2.25. The van der Waals surface area contributed by atoms with Gasteiger partial charge in [-0.3, -0.25) is 4.79 Å². The standard InChI is InChI=1S/C10H9NO2/c1-6(12)7-4-9-8(2-3-11-9)10(13)5-7/h2-5,11,13H,1H3. The van der Waals surface area contributed by atoms with Gasteiger partial charge in [0.15, 0.2) is 5.78 Å². The number of aromatic nitrogens is 1. The van der Waals surface area contributed by atoms with E-state index in [1.165, 1.54) is 13.0 Å². The summed E-state index contributed by atoms with van der Waals surface area (Å²) in [6.07, 6.45) is 1.73. The van der Waals surface area contributed by atoms with Gasteiger partial charge in [-0.1, -0.05) is 0 Å². The summed E-state index contributed by atoms with van der Waals surface area (Å²) < 4.78 is 0. The quantitative estimate of drug-likeness (QED) is 0.652. The second-order valence-electron chi connectivity index (χ2n) is 2.99. The molecular formula is C10H9NO2. The Kier molecular flexibility index (Phi) is 1.59. The predicted molar refractivity (Wildman–Crippen MR) is 50.0 cm³/mol. The monoisotopic (exact) mass is 175 g/mol. The molecule has 3 heteroatoms. The molecule has 2 N–H and O–H groups in total. The maximum Gasteiger partial charge on any atom is 0.160 e. The largest absolute Gasteiger partial charge is 0.507 e. The van der Waals surface area contributed by atoms with Crippen LogP contribution in [0.2, 0.25) is 0 Å². The molecule has 0 saturated carbocycles. The molecule has 0 spiro atoms. The van der Waals surface area contributed by atoms with Crippen molar-refractivity contribution < 1.29 is 9.90 Å². The number of carbonyl (C=O) groups is 1. The summed E-state index contributed by atoms with van der Waals surface area (Å²) in [5.41, 5.74) is 1.30. The average molecular weight is 175 g/mol. The number of hydrogen-bond acceptors (Lipinski definition) is 2. The maximum atomic E-state index is 11.0. The van der Waals surface area contributed by atoms with Crippen LogP contribution in [0.15, 0.2) is 24.4 Å². The van der Waals surface area contributed by atoms with E-state index in [1.807, 2.05) is 0 Å². The number of hydrogen-bond donors (Lipinski definition) is 2. The fourth-order valence-electron chi connectivity index (χ4n) is 1.35. The van der Waals surface area contributed by atoms with Crippen molar-refractivity contribution in [2.45, 2.75) is 6.92 Å². The minimum absolute atomic E-state index is 0.0493. The van der Waals surface area contributed by atoms with E-state index < -0.39 is 0 Å². The first kappa shape index (κ1) is 7.86. The number of aromatic hydroxyl groups is 1. The molecule has 1 aromatic carbocycles. The molecule has 13 heavy (non-hydrogen) atoms. The molecule has 2 rings (SSSR count). The van der Waals surface area contributed by atoms with E-state index in [0.29, 0.717) is 5.56 Å². The van der Waals surface area contributed by atoms with E-state index in [0.717, 1.165) is 10.9 Å². The van der Waals surface area contributed by atoms with Crippen molar-refractivity contribution >= 4 is 16.7 Å². The molecule has 66 valence electrons. The van der Waals surface area contributed by atoms with Crippen LogP contribution in [0.4, 0.5) is 0 Å². The molecule has 1 aromatic heterocycles. The Hall–Kier alpha value is -1.77. The number of phenols is 1. The number of phenolic OH excluding ortho intramolecular Hbond substituents is 1. The molecule has 0 saturated heterocycles. The van der Waals surface area contributed by atoms with Gasteiger partial charge in [-0.25, -0.2) is 0 Å². The molecule has 0 aliphatic heterocycles. The van der Waals surface area contributed by atoms with Gasteiger partial charge in [0.25, 0.3) is 0 Å². The van der Waals surface area contributed by atoms with Crippen LogP contribution in [0.3, 0.4) is 0 Å². The first-order chi connectivity index (χ1) is 6.18. The fraction of sp³-hybridized carbons (Fsp3) is 0.100. The van der Waals surface area contributed by atoms with Gasteiger partial charge in [-0.05, 0) is 25.1 Å². The lowest BCUT2D eigenvalue weighted by molar-refractivity contribution is 0.101. The summed E-state index contributed by atoms with van der Waals surface area (Å²) in [5, 5.41) is 10.3. The number of rotatable bonds is 1. The number of carbonyl (C=O) groups excluding carboxylic acids is 1. The van der Waals surface area contributed by atoms with Crippen LogP contribution in [0.5, 0.6) is 5.75 Å². The first-order valence-corrected chi connectivity index (χ1v) is 3.99. The van der Waals surface area contributed by atoms with Gasteiger partial charge in [0, 0.05) is 22.7 Å². The Morgan fingerprint density at radius 1 is 1.46 bits per heavy atom. The molecule has 1 heterocycles. The van der Waals surface area contributed by atoms with Crippen LogP contribution in [0.1, 0.15) is 17.3 Å². The van der Waals surface area contributed by atoms with E-state index in [9.17, 15) is 9.90 Å². The lowest BCUT2D eigenvalue weighted by atomic mass is 10.1. The summed E-state index contributed by atoms with van der Waals surface area (Å²) in [6, 6.07) is 4.99. The minimum atomic E-state index is -0.0493. The van der Waals surface area contributed by atoms with E-state index in [4.69, 9.17) is 0 Å². The Morgan fingerprint density at radius 2 is 2.23 bits per heavy atom. The van der Waals surface area contributed by atoms with Gasteiger partial charge in [0.05, 0.1) is 0 Å². The third-order valence-corrected chi connectivity index (χ3v) is 2.05. The highest BCUT2D eigenvalue weighted by atomic mass is 16.3. The number of Topliss-reactive ketones (excluding diaryl/α,β-unsaturated/α-hetero) is 1. The van der Waals surface area contributed by atoms with E-state index in [2.05, 4.69) is 4.98 Å². The Morgan fingerprint density at radius 3 is 2.92 bits per heavy atom. The molecular weight excluding hydrogens is 166 g/mol. The zero-order chi connectivity index (χ0) is 9.42. The van der Waals surface area contributed by atoms with Gasteiger partial charge in [0.1, 0.15) is 5.75 Å². The van der Waals surface area contributed by atoms with E-state index >= 15 is 0 Å². The summed E-state index contributed by atoms with van der Waals surface area (Å²) in [6.45, 7) is 1.48. The smallest absolute Gasteiger partial charge is 0.160 e. The van der Waals surface area contributed by atoms with Crippen LogP contribution in [0.25, 0.3) is 10.9 Å². The van der Waals surface area contributed by atoms with E-state index in [1.54, 1.807) is 18.3 Å². The maximum absolute atomic E-state index is 11.0. The zero-order valence-electron chi connectivity index (χ0n) is 7.16. The van der Waals surface area contributed by atoms with Crippen molar-refractivity contribution in [2.75, 3.05) is 0 Å². The summed E-state index contributed by atoms with van der Waals surface area (Å²) in [4.78, 5) is 14.0. The lowest BCUT2D eigenvalue weighted by Crippen LogP contribution is -1.90. The molecule has 0 aliphatic carbocycles. The average Bonchev–Trinajstić information content (AvgIpc) is 2.51. The number of nitrogens with one attached hydrogen (secondary N) is 1. The number of ketones is 1. The highest BCUT2D eigenvalue weighted by molar-refractivity contribution is 5.99. The Bertz CT molecular complexity index is 471. The van der Waals surface area contributed by atoms with Gasteiger partial charge < -0.3 is 10.1 Å². The highest BCUT2D eigenvalue weighted by Gasteiger charge is 2.06. The summed E-state index contributed by atoms with van der Waals surface area (Å²) in [7, 11) is 0. The third kappa shape index (κ3) is 1.18. The fourth-order valence-corrected chi connectivity index (χ4v) is 1.35. The van der Waals surface area contributed by atoms with Crippen molar-refractivity contribution in [3.05, 3.63) is 30.0 Å². The van der Waals surface area contributed by atoms with Crippen LogP contribution >= 0.6 is 0 Å². The number of aromatic amines is 1. The van der Waals surface area contributed by atoms with E-state index in [-0.39, 0.29) is 11.5 Å². The second-order valence-corrected chi connectivity index (χ2v) is 2.99. The zero-order valence-corrected chi connectivity index (χ0v) is 7.16. The molecule has 0 bridgehead atoms. The molecule has 0 radical (unpaired) electrons. The number of H-pyrrole nitrogens is 1. The molecule has 3 nitrogen and oxygen atoms in total. The normalized spacial score (nSPS) is 10.5. The number of benzene rings is 1. The summed E-state index contributed by atoms with van der Waals surface area (Å²) in [5.74, 6) is 0.0933. The molecule has 2 aromatic rings. The van der Waals surface area contributed by atoms with Crippen LogP contribution < -0.4 is 0 Å². The second kappa shape index (κ2) is 2.62. The van der Waals surface area contributed by atoms with Gasteiger partial charge in [0.2, 0.25) is 0 Å². The molecule has 0 amide bonds. The van der Waals surface area contributed by atoms with Gasteiger partial charge in [-0.15, -0.1) is 0 Å². The van der Waals surface area contributed by atoms with Gasteiger partial charge in [-0.2, -0.15) is 0 Å². The SMILES string of the molecule is CC(=O)c1cc(O)c2cc[nH]c2c1. The van der Waals surface area contributed by atoms with Crippen molar-refractivity contribution in [1.82, 2.24) is 4.98 Å². The van der Waals surface area contributed by atoms with Crippen LogP contribution in [0, 0.1) is 0 Å². The van der Waals surface area contributed by atoms with Crippen molar-refractivity contribution in [1.29, 1.82) is 0 Å². The van der Waals surface area contributed by atoms with Crippen LogP contribution in [-0.2, 0) is 0 Å². The van der Waals surface area contributed by atoms with Gasteiger partial charge >= 0.3 is 0 Å². The molecule has 0 aliphatic rings. The number of fused-ring (bicyclic) bond motifs is 1. The molecule has 0 fully saturated rings.